The number of amides is 1. The van der Waals surface area contributed by atoms with Crippen molar-refractivity contribution in [1.29, 1.82) is 0 Å². The lowest BCUT2D eigenvalue weighted by Gasteiger charge is -2.32. The largest absolute Gasteiger partial charge is 0.366 e. The molecule has 1 saturated heterocycles. The zero-order valence-corrected chi connectivity index (χ0v) is 14.8. The molecule has 1 amide bonds. The minimum atomic E-state index is -0.372. The Morgan fingerprint density at radius 1 is 1.15 bits per heavy atom. The van der Waals surface area contributed by atoms with Gasteiger partial charge in [0.05, 0.1) is 10.6 Å². The molecule has 8 heteroatoms. The van der Waals surface area contributed by atoms with Crippen LogP contribution in [0, 0.1) is 16.0 Å². The number of para-hydroxylation sites is 2. The van der Waals surface area contributed by atoms with Crippen molar-refractivity contribution < 1.29 is 9.72 Å². The SMILES string of the molecule is O=C(NNc1cccc(Cl)c1)C1CCN(c2ccccc2[N+](=O)[O-])CC1. The number of nitrogens with one attached hydrogen (secondary N) is 2. The number of carbonyl (C=O) groups excluding carboxylic acids is 1. The van der Waals surface area contributed by atoms with Crippen molar-refractivity contribution in [3.8, 4) is 0 Å². The number of hydrazine groups is 1. The summed E-state index contributed by atoms with van der Waals surface area (Å²) >= 11 is 5.91. The smallest absolute Gasteiger partial charge is 0.292 e. The third-order valence-corrected chi connectivity index (χ3v) is 4.67. The standard InChI is InChI=1S/C18H19ClN4O3/c19-14-4-3-5-15(12-14)20-21-18(24)13-8-10-22(11-9-13)16-6-1-2-7-17(16)23(25)26/h1-7,12-13,20H,8-11H2,(H,21,24). The number of nitrogens with zero attached hydrogens (tertiary/aromatic N) is 2. The van der Waals surface area contributed by atoms with E-state index in [4.69, 9.17) is 11.6 Å². The van der Waals surface area contributed by atoms with Gasteiger partial charge >= 0.3 is 0 Å². The molecule has 2 aromatic carbocycles. The van der Waals surface area contributed by atoms with Gasteiger partial charge in [0.25, 0.3) is 5.69 Å². The number of nitro benzene ring substituents is 1. The van der Waals surface area contributed by atoms with E-state index in [0.29, 0.717) is 42.3 Å². The van der Waals surface area contributed by atoms with Crippen LogP contribution in [-0.4, -0.2) is 23.9 Å². The minimum absolute atomic E-state index is 0.0906. The van der Waals surface area contributed by atoms with Gasteiger partial charge in [-0.3, -0.25) is 25.8 Å². The summed E-state index contributed by atoms with van der Waals surface area (Å²) in [5.41, 5.74) is 6.98. The van der Waals surface area contributed by atoms with Gasteiger partial charge in [-0.1, -0.05) is 29.8 Å². The normalized spacial score (nSPS) is 14.7. The lowest BCUT2D eigenvalue weighted by atomic mass is 9.95. The molecule has 0 spiro atoms. The maximum absolute atomic E-state index is 12.3. The molecule has 7 nitrogen and oxygen atoms in total. The van der Waals surface area contributed by atoms with Crippen molar-refractivity contribution in [2.75, 3.05) is 23.4 Å². The first-order valence-corrected chi connectivity index (χ1v) is 8.72. The van der Waals surface area contributed by atoms with Crippen LogP contribution in [-0.2, 0) is 4.79 Å². The fourth-order valence-corrected chi connectivity index (χ4v) is 3.26. The summed E-state index contributed by atoms with van der Waals surface area (Å²) in [7, 11) is 0. The monoisotopic (exact) mass is 374 g/mol. The Bertz CT molecular complexity index is 807. The highest BCUT2D eigenvalue weighted by atomic mass is 35.5. The number of carbonyl (C=O) groups is 1. The van der Waals surface area contributed by atoms with Crippen molar-refractivity contribution in [1.82, 2.24) is 5.43 Å². The molecule has 0 atom stereocenters. The van der Waals surface area contributed by atoms with E-state index in [2.05, 4.69) is 10.9 Å². The van der Waals surface area contributed by atoms with Gasteiger partial charge < -0.3 is 4.90 Å². The molecule has 0 saturated carbocycles. The molecule has 136 valence electrons. The highest BCUT2D eigenvalue weighted by Gasteiger charge is 2.28. The van der Waals surface area contributed by atoms with Crippen molar-refractivity contribution in [3.05, 3.63) is 63.7 Å². The molecule has 1 fully saturated rings. The molecule has 1 aliphatic heterocycles. The summed E-state index contributed by atoms with van der Waals surface area (Å²) in [6.07, 6.45) is 1.27. The van der Waals surface area contributed by atoms with Gasteiger partial charge in [-0.05, 0) is 37.1 Å². The first kappa shape index (κ1) is 18.0. The van der Waals surface area contributed by atoms with E-state index in [9.17, 15) is 14.9 Å². The third-order valence-electron chi connectivity index (χ3n) is 4.44. The molecular weight excluding hydrogens is 356 g/mol. The van der Waals surface area contributed by atoms with Gasteiger partial charge in [-0.15, -0.1) is 0 Å². The molecule has 2 N–H and O–H groups in total. The van der Waals surface area contributed by atoms with E-state index < -0.39 is 0 Å². The molecular formula is C18H19ClN4O3. The van der Waals surface area contributed by atoms with E-state index in [0.717, 1.165) is 0 Å². The first-order valence-electron chi connectivity index (χ1n) is 8.34. The molecule has 0 unspecified atom stereocenters. The van der Waals surface area contributed by atoms with Crippen LogP contribution < -0.4 is 15.8 Å². The Hall–Kier alpha value is -2.80. The summed E-state index contributed by atoms with van der Waals surface area (Å²) in [4.78, 5) is 25.1. The number of hydrogen-bond acceptors (Lipinski definition) is 5. The van der Waals surface area contributed by atoms with Crippen LogP contribution >= 0.6 is 11.6 Å². The summed E-state index contributed by atoms with van der Waals surface area (Å²) in [6.45, 7) is 1.19. The number of rotatable bonds is 5. The predicted molar refractivity (Wildman–Crippen MR) is 101 cm³/mol. The Morgan fingerprint density at radius 3 is 2.58 bits per heavy atom. The van der Waals surface area contributed by atoms with Crippen LogP contribution in [0.25, 0.3) is 0 Å². The lowest BCUT2D eigenvalue weighted by molar-refractivity contribution is -0.384. The number of piperidine rings is 1. The molecule has 0 aliphatic carbocycles. The number of benzene rings is 2. The fourth-order valence-electron chi connectivity index (χ4n) is 3.07. The van der Waals surface area contributed by atoms with Crippen molar-refractivity contribution in [3.63, 3.8) is 0 Å². The van der Waals surface area contributed by atoms with Gasteiger partial charge in [-0.25, -0.2) is 0 Å². The third kappa shape index (κ3) is 4.23. The summed E-state index contributed by atoms with van der Waals surface area (Å²) in [5, 5.41) is 11.8. The summed E-state index contributed by atoms with van der Waals surface area (Å²) in [6, 6.07) is 13.8. The second-order valence-corrected chi connectivity index (χ2v) is 6.57. The number of hydrogen-bond donors (Lipinski definition) is 2. The van der Waals surface area contributed by atoms with Crippen LogP contribution in [0.3, 0.4) is 0 Å². The zero-order chi connectivity index (χ0) is 18.5. The molecule has 0 radical (unpaired) electrons. The van der Waals surface area contributed by atoms with Gasteiger partial charge in [0, 0.05) is 30.1 Å². The second-order valence-electron chi connectivity index (χ2n) is 6.13. The van der Waals surface area contributed by atoms with E-state index in [1.807, 2.05) is 11.0 Å². The van der Waals surface area contributed by atoms with Crippen molar-refractivity contribution in [2.45, 2.75) is 12.8 Å². The number of halogens is 1. The molecule has 0 bridgehead atoms. The molecule has 2 aromatic rings. The highest BCUT2D eigenvalue weighted by molar-refractivity contribution is 6.30. The summed E-state index contributed by atoms with van der Waals surface area (Å²) < 4.78 is 0. The van der Waals surface area contributed by atoms with E-state index in [-0.39, 0.29) is 22.4 Å². The van der Waals surface area contributed by atoms with Crippen molar-refractivity contribution >= 4 is 34.6 Å². The average Bonchev–Trinajstić information content (AvgIpc) is 2.66. The second kappa shape index (κ2) is 8.05. The van der Waals surface area contributed by atoms with E-state index >= 15 is 0 Å². The van der Waals surface area contributed by atoms with Gasteiger partial charge in [0.2, 0.25) is 5.91 Å². The Morgan fingerprint density at radius 2 is 1.88 bits per heavy atom. The van der Waals surface area contributed by atoms with E-state index in [1.54, 1.807) is 36.4 Å². The predicted octanol–water partition coefficient (Wildman–Crippen LogP) is 3.61. The van der Waals surface area contributed by atoms with Crippen LogP contribution in [0.1, 0.15) is 12.8 Å². The van der Waals surface area contributed by atoms with Crippen LogP contribution in [0.4, 0.5) is 17.1 Å². The maximum Gasteiger partial charge on any atom is 0.292 e. The minimum Gasteiger partial charge on any atom is -0.366 e. The van der Waals surface area contributed by atoms with Crippen molar-refractivity contribution in [2.24, 2.45) is 5.92 Å². The van der Waals surface area contributed by atoms with Gasteiger partial charge in [0.15, 0.2) is 0 Å². The lowest BCUT2D eigenvalue weighted by Crippen LogP contribution is -2.42. The fraction of sp³-hybridized carbons (Fsp3) is 0.278. The first-order chi connectivity index (χ1) is 12.5. The molecule has 26 heavy (non-hydrogen) atoms. The number of nitro groups is 1. The molecule has 1 heterocycles. The van der Waals surface area contributed by atoms with Gasteiger partial charge in [0.1, 0.15) is 5.69 Å². The molecule has 3 rings (SSSR count). The molecule has 0 aromatic heterocycles. The molecule has 1 aliphatic rings. The van der Waals surface area contributed by atoms with E-state index in [1.165, 1.54) is 6.07 Å². The number of anilines is 2. The van der Waals surface area contributed by atoms with Gasteiger partial charge in [-0.2, -0.15) is 0 Å². The Kier molecular flexibility index (Phi) is 5.58. The van der Waals surface area contributed by atoms with Crippen LogP contribution in [0.5, 0.6) is 0 Å². The Balaban J connectivity index is 1.55. The Labute approximate surface area is 156 Å². The maximum atomic E-state index is 12.3. The highest BCUT2D eigenvalue weighted by Crippen LogP contribution is 2.31. The zero-order valence-electron chi connectivity index (χ0n) is 14.0. The van der Waals surface area contributed by atoms with Crippen LogP contribution in [0.15, 0.2) is 48.5 Å². The van der Waals surface area contributed by atoms with Crippen LogP contribution in [0.2, 0.25) is 5.02 Å². The average molecular weight is 375 g/mol. The topological polar surface area (TPSA) is 87.5 Å². The summed E-state index contributed by atoms with van der Waals surface area (Å²) in [5.74, 6) is -0.229. The quantitative estimate of drug-likeness (QED) is 0.616.